The summed E-state index contributed by atoms with van der Waals surface area (Å²) in [7, 11) is 2.81. The van der Waals surface area contributed by atoms with Crippen LogP contribution in [-0.2, 0) is 14.3 Å². The summed E-state index contributed by atoms with van der Waals surface area (Å²) in [6.07, 6.45) is 0.671. The van der Waals surface area contributed by atoms with Gasteiger partial charge in [-0.15, -0.1) is 0 Å². The number of aromatic amines is 1. The molecule has 1 atom stereocenters. The molecule has 1 fully saturated rings. The third-order valence-electron chi connectivity index (χ3n) is 6.78. The van der Waals surface area contributed by atoms with Gasteiger partial charge in [0.2, 0.25) is 0 Å². The largest absolute Gasteiger partial charge is 0.507 e. The van der Waals surface area contributed by atoms with Crippen LogP contribution in [0.15, 0.2) is 29.8 Å². The van der Waals surface area contributed by atoms with Gasteiger partial charge < -0.3 is 29.4 Å². The van der Waals surface area contributed by atoms with Crippen LogP contribution in [0.4, 0.5) is 0 Å². The van der Waals surface area contributed by atoms with Crippen molar-refractivity contribution >= 4 is 23.4 Å². The molecule has 1 saturated heterocycles. The highest BCUT2D eigenvalue weighted by Crippen LogP contribution is 2.41. The number of likely N-dealkylation sites (tertiary alicyclic amines) is 1. The van der Waals surface area contributed by atoms with E-state index in [0.717, 1.165) is 19.6 Å². The van der Waals surface area contributed by atoms with E-state index in [0.29, 0.717) is 41.1 Å². The SMILES string of the molecule is CCN(CC)CCCN1C(=O)C(=O)C(=C(O)c2c(C)[nH]c(C(=O)OC)c2C)[C@H]1c1cccc(OC)c1. The maximum absolute atomic E-state index is 13.3. The van der Waals surface area contributed by atoms with Gasteiger partial charge in [0.05, 0.1) is 25.8 Å². The van der Waals surface area contributed by atoms with Crippen molar-refractivity contribution in [3.63, 3.8) is 0 Å². The number of ether oxygens (including phenoxy) is 2. The first kappa shape index (κ1) is 27.0. The fourth-order valence-corrected chi connectivity index (χ4v) is 4.82. The lowest BCUT2D eigenvalue weighted by Crippen LogP contribution is -2.33. The number of hydrogen-bond acceptors (Lipinski definition) is 7. The van der Waals surface area contributed by atoms with Crippen molar-refractivity contribution in [3.8, 4) is 5.75 Å². The minimum atomic E-state index is -0.799. The Morgan fingerprint density at radius 3 is 2.47 bits per heavy atom. The second-order valence-corrected chi connectivity index (χ2v) is 8.77. The molecule has 2 heterocycles. The predicted octanol–water partition coefficient (Wildman–Crippen LogP) is 3.58. The average Bonchev–Trinajstić information content (AvgIpc) is 3.32. The number of aromatic nitrogens is 1. The molecule has 9 heteroatoms. The van der Waals surface area contributed by atoms with Crippen LogP contribution in [0.25, 0.3) is 5.76 Å². The zero-order valence-corrected chi connectivity index (χ0v) is 21.8. The molecule has 0 aliphatic carbocycles. The highest BCUT2D eigenvalue weighted by Gasteiger charge is 2.46. The van der Waals surface area contributed by atoms with Gasteiger partial charge >= 0.3 is 5.97 Å². The molecule has 9 nitrogen and oxygen atoms in total. The Morgan fingerprint density at radius 1 is 1.17 bits per heavy atom. The molecule has 3 rings (SSSR count). The van der Waals surface area contributed by atoms with Crippen molar-refractivity contribution in [1.82, 2.24) is 14.8 Å². The summed E-state index contributed by atoms with van der Waals surface area (Å²) in [4.78, 5) is 45.5. The van der Waals surface area contributed by atoms with Crippen LogP contribution in [0, 0.1) is 13.8 Å². The van der Waals surface area contributed by atoms with Gasteiger partial charge in [0, 0.05) is 17.8 Å². The number of esters is 1. The third kappa shape index (κ3) is 5.02. The molecule has 0 bridgehead atoms. The quantitative estimate of drug-likeness (QED) is 0.223. The van der Waals surface area contributed by atoms with E-state index in [-0.39, 0.29) is 17.0 Å². The van der Waals surface area contributed by atoms with Gasteiger partial charge in [0.25, 0.3) is 11.7 Å². The van der Waals surface area contributed by atoms with Crippen LogP contribution in [0.3, 0.4) is 0 Å². The second-order valence-electron chi connectivity index (χ2n) is 8.77. The van der Waals surface area contributed by atoms with E-state index < -0.39 is 23.7 Å². The molecule has 1 aliphatic rings. The first-order chi connectivity index (χ1) is 17.2. The number of Topliss-reactive ketones (excluding diaryl/α,β-unsaturated/α-hetero) is 1. The number of aliphatic hydroxyl groups excluding tert-OH is 1. The minimum absolute atomic E-state index is 0.0160. The molecular formula is C27H35N3O6. The molecule has 0 unspecified atom stereocenters. The summed E-state index contributed by atoms with van der Waals surface area (Å²) in [6, 6.07) is 6.33. The van der Waals surface area contributed by atoms with Gasteiger partial charge in [0.15, 0.2) is 0 Å². The molecule has 0 radical (unpaired) electrons. The standard InChI is InChI=1S/C27H35N3O6/c1-7-29(8-2)13-10-14-30-23(18-11-9-12-19(15-18)35-5)21(25(32)26(30)33)24(31)20-16(3)22(27(34)36-6)28-17(20)4/h9,11-12,15,23,28,31H,7-8,10,13-14H2,1-6H3/t23-/m1/s1. The second kappa shape index (κ2) is 11.4. The smallest absolute Gasteiger partial charge is 0.354 e. The Balaban J connectivity index is 2.14. The summed E-state index contributed by atoms with van der Waals surface area (Å²) in [6.45, 7) is 10.4. The van der Waals surface area contributed by atoms with Crippen LogP contribution in [-0.4, -0.2) is 77.9 Å². The Hall–Kier alpha value is -3.59. The molecule has 0 spiro atoms. The van der Waals surface area contributed by atoms with Crippen LogP contribution < -0.4 is 4.74 Å². The van der Waals surface area contributed by atoms with Crippen LogP contribution >= 0.6 is 0 Å². The maximum atomic E-state index is 13.3. The topological polar surface area (TPSA) is 112 Å². The number of aryl methyl sites for hydroxylation is 1. The number of rotatable bonds is 10. The van der Waals surface area contributed by atoms with Crippen molar-refractivity contribution < 1.29 is 29.0 Å². The molecule has 36 heavy (non-hydrogen) atoms. The Labute approximate surface area is 211 Å². The fraction of sp³-hybridized carbons (Fsp3) is 0.444. The summed E-state index contributed by atoms with van der Waals surface area (Å²) in [5, 5.41) is 11.5. The minimum Gasteiger partial charge on any atom is -0.507 e. The third-order valence-corrected chi connectivity index (χ3v) is 6.78. The first-order valence-corrected chi connectivity index (χ1v) is 12.1. The monoisotopic (exact) mass is 497 g/mol. The van der Waals surface area contributed by atoms with Crippen LogP contribution in [0.1, 0.15) is 59.2 Å². The normalized spacial score (nSPS) is 17.2. The molecule has 1 aromatic carbocycles. The van der Waals surface area contributed by atoms with Gasteiger partial charge in [-0.1, -0.05) is 26.0 Å². The number of nitrogens with one attached hydrogen (secondary N) is 1. The fourth-order valence-electron chi connectivity index (χ4n) is 4.82. The number of benzene rings is 1. The highest BCUT2D eigenvalue weighted by molar-refractivity contribution is 6.46. The lowest BCUT2D eigenvalue weighted by molar-refractivity contribution is -0.140. The predicted molar refractivity (Wildman–Crippen MR) is 136 cm³/mol. The van der Waals surface area contributed by atoms with Crippen molar-refractivity contribution in [3.05, 3.63) is 57.9 Å². The number of H-pyrrole nitrogens is 1. The summed E-state index contributed by atoms with van der Waals surface area (Å²) in [5.74, 6) is -1.77. The van der Waals surface area contributed by atoms with Crippen LogP contribution in [0.5, 0.6) is 5.75 Å². The van der Waals surface area contributed by atoms with E-state index in [1.165, 1.54) is 12.0 Å². The molecule has 2 N–H and O–H groups in total. The summed E-state index contributed by atoms with van der Waals surface area (Å²) >= 11 is 0. The van der Waals surface area contributed by atoms with E-state index >= 15 is 0 Å². The van der Waals surface area contributed by atoms with E-state index in [2.05, 4.69) is 23.7 Å². The first-order valence-electron chi connectivity index (χ1n) is 12.1. The number of nitrogens with zero attached hydrogens (tertiary/aromatic N) is 2. The maximum Gasteiger partial charge on any atom is 0.354 e. The Kier molecular flexibility index (Phi) is 8.57. The van der Waals surface area contributed by atoms with E-state index in [1.54, 1.807) is 45.2 Å². The lowest BCUT2D eigenvalue weighted by atomic mass is 9.94. The van der Waals surface area contributed by atoms with Crippen molar-refractivity contribution in [2.75, 3.05) is 40.4 Å². The molecule has 1 aromatic heterocycles. The number of aliphatic hydroxyl groups is 1. The van der Waals surface area contributed by atoms with Crippen LogP contribution in [0.2, 0.25) is 0 Å². The lowest BCUT2D eigenvalue weighted by Gasteiger charge is -2.27. The van der Waals surface area contributed by atoms with Gasteiger partial charge in [-0.3, -0.25) is 9.59 Å². The number of hydrogen-bond donors (Lipinski definition) is 2. The van der Waals surface area contributed by atoms with Crippen molar-refractivity contribution in [2.24, 2.45) is 0 Å². The molecular weight excluding hydrogens is 462 g/mol. The van der Waals surface area contributed by atoms with Gasteiger partial charge in [-0.05, 0) is 63.2 Å². The summed E-state index contributed by atoms with van der Waals surface area (Å²) in [5.41, 5.74) is 2.05. The number of carbonyl (C=O) groups excluding carboxylic acids is 3. The molecule has 1 aliphatic heterocycles. The number of ketones is 1. The zero-order valence-electron chi connectivity index (χ0n) is 21.8. The van der Waals surface area contributed by atoms with E-state index in [9.17, 15) is 19.5 Å². The number of carbonyl (C=O) groups is 3. The number of amides is 1. The summed E-state index contributed by atoms with van der Waals surface area (Å²) < 4.78 is 10.2. The molecule has 194 valence electrons. The molecule has 2 aromatic rings. The van der Waals surface area contributed by atoms with Gasteiger partial charge in [0.1, 0.15) is 17.2 Å². The van der Waals surface area contributed by atoms with Gasteiger partial charge in [-0.25, -0.2) is 4.79 Å². The number of methoxy groups -OCH3 is 2. The Morgan fingerprint density at radius 2 is 1.86 bits per heavy atom. The van der Waals surface area contributed by atoms with Crippen molar-refractivity contribution in [2.45, 2.75) is 40.2 Å². The Bertz CT molecular complexity index is 1180. The average molecular weight is 498 g/mol. The highest BCUT2D eigenvalue weighted by atomic mass is 16.5. The zero-order chi connectivity index (χ0) is 26.6. The van der Waals surface area contributed by atoms with Gasteiger partial charge in [-0.2, -0.15) is 0 Å². The molecule has 0 saturated carbocycles. The van der Waals surface area contributed by atoms with E-state index in [4.69, 9.17) is 9.47 Å². The van der Waals surface area contributed by atoms with Crippen molar-refractivity contribution in [1.29, 1.82) is 0 Å². The van der Waals surface area contributed by atoms with E-state index in [1.807, 2.05) is 0 Å². The molecule has 1 amide bonds.